The van der Waals surface area contributed by atoms with E-state index in [0.29, 0.717) is 5.92 Å². The molecule has 1 saturated carbocycles. The molecule has 0 spiro atoms. The highest BCUT2D eigenvalue weighted by molar-refractivity contribution is 7.12. The number of carbonyl (C=O) groups is 1. The van der Waals surface area contributed by atoms with Crippen LogP contribution >= 0.6 is 11.3 Å². The fourth-order valence-corrected chi connectivity index (χ4v) is 6.28. The normalized spacial score (nSPS) is 22.7. The summed E-state index contributed by atoms with van der Waals surface area (Å²) in [5, 5.41) is 0.220. The van der Waals surface area contributed by atoms with Gasteiger partial charge in [0.15, 0.2) is 14.1 Å². The van der Waals surface area contributed by atoms with Crippen molar-refractivity contribution in [1.29, 1.82) is 0 Å². The lowest BCUT2D eigenvalue weighted by atomic mass is 9.79. The van der Waals surface area contributed by atoms with Crippen LogP contribution in [0.2, 0.25) is 18.1 Å². The van der Waals surface area contributed by atoms with E-state index in [4.69, 9.17) is 4.43 Å². The average molecular weight is 367 g/mol. The zero-order valence-electron chi connectivity index (χ0n) is 16.7. The zero-order chi connectivity index (χ0) is 18.3. The Balaban J connectivity index is 2.40. The smallest absolute Gasteiger partial charge is 0.192 e. The quantitative estimate of drug-likeness (QED) is 0.442. The van der Waals surface area contributed by atoms with Crippen LogP contribution in [0.1, 0.15) is 85.0 Å². The van der Waals surface area contributed by atoms with Crippen LogP contribution in [-0.2, 0) is 4.43 Å². The van der Waals surface area contributed by atoms with Crippen LogP contribution in [0.3, 0.4) is 0 Å². The largest absolute Gasteiger partial charge is 0.413 e. The summed E-state index contributed by atoms with van der Waals surface area (Å²) in [6, 6.07) is 0. The molecule has 0 unspecified atom stereocenters. The minimum Gasteiger partial charge on any atom is -0.413 e. The van der Waals surface area contributed by atoms with Gasteiger partial charge in [-0.3, -0.25) is 4.79 Å². The molecule has 0 saturated heterocycles. The Morgan fingerprint density at radius 2 is 1.71 bits per heavy atom. The maximum absolute atomic E-state index is 12.3. The first-order valence-corrected chi connectivity index (χ1v) is 13.0. The van der Waals surface area contributed by atoms with Gasteiger partial charge in [-0.05, 0) is 57.3 Å². The van der Waals surface area contributed by atoms with Gasteiger partial charge in [0, 0.05) is 21.2 Å². The summed E-state index contributed by atoms with van der Waals surface area (Å²) >= 11 is 1.78. The highest BCUT2D eigenvalue weighted by Crippen LogP contribution is 2.45. The first kappa shape index (κ1) is 19.9. The molecule has 1 heterocycles. The van der Waals surface area contributed by atoms with Crippen LogP contribution in [0.5, 0.6) is 0 Å². The molecule has 1 aliphatic rings. The van der Waals surface area contributed by atoms with Crippen molar-refractivity contribution in [3.8, 4) is 0 Å². The van der Waals surface area contributed by atoms with E-state index in [1.807, 2.05) is 0 Å². The van der Waals surface area contributed by atoms with Gasteiger partial charge in [-0.2, -0.15) is 0 Å². The number of hydrogen-bond donors (Lipinski definition) is 0. The number of rotatable bonds is 4. The van der Waals surface area contributed by atoms with E-state index in [1.54, 1.807) is 18.3 Å². The summed E-state index contributed by atoms with van der Waals surface area (Å²) in [4.78, 5) is 14.8. The van der Waals surface area contributed by atoms with Gasteiger partial charge in [0.1, 0.15) is 0 Å². The molecular weight excluding hydrogens is 332 g/mol. The van der Waals surface area contributed by atoms with E-state index >= 15 is 0 Å². The van der Waals surface area contributed by atoms with Gasteiger partial charge in [0.25, 0.3) is 0 Å². The van der Waals surface area contributed by atoms with Gasteiger partial charge in [-0.1, -0.05) is 33.6 Å². The molecule has 1 aromatic rings. The van der Waals surface area contributed by atoms with Crippen molar-refractivity contribution in [3.05, 3.63) is 20.9 Å². The van der Waals surface area contributed by atoms with Crippen molar-refractivity contribution < 1.29 is 9.22 Å². The maximum atomic E-state index is 12.3. The summed E-state index contributed by atoms with van der Waals surface area (Å²) in [5.41, 5.74) is 2.28. The molecule has 1 fully saturated rings. The third kappa shape index (κ3) is 3.86. The predicted octanol–water partition coefficient (Wildman–Crippen LogP) is 6.62. The Morgan fingerprint density at radius 1 is 1.12 bits per heavy atom. The fraction of sp³-hybridized carbons (Fsp3) is 0.750. The molecule has 0 aliphatic heterocycles. The first-order chi connectivity index (χ1) is 11.0. The summed E-state index contributed by atoms with van der Waals surface area (Å²) in [6.07, 6.45) is 5.03. The van der Waals surface area contributed by atoms with E-state index in [2.05, 4.69) is 47.7 Å². The van der Waals surface area contributed by atoms with Gasteiger partial charge in [0.2, 0.25) is 0 Å². The Labute approximate surface area is 153 Å². The van der Waals surface area contributed by atoms with Crippen LogP contribution in [0.25, 0.3) is 0 Å². The van der Waals surface area contributed by atoms with E-state index < -0.39 is 8.32 Å². The topological polar surface area (TPSA) is 26.3 Å². The van der Waals surface area contributed by atoms with Crippen LogP contribution in [-0.4, -0.2) is 20.2 Å². The van der Waals surface area contributed by atoms with Crippen molar-refractivity contribution in [2.24, 2.45) is 0 Å². The number of ketones is 1. The number of aryl methyl sites for hydroxylation is 2. The second kappa shape index (κ2) is 7.04. The first-order valence-electron chi connectivity index (χ1n) is 9.24. The SMILES string of the molecule is CC(=O)c1c(C)sc(C)c1[C@H]1CCCC[C@@H]1O[Si](C)(C)C(C)(C)C. The van der Waals surface area contributed by atoms with Gasteiger partial charge < -0.3 is 4.43 Å². The van der Waals surface area contributed by atoms with Gasteiger partial charge in [0.05, 0.1) is 6.10 Å². The highest BCUT2D eigenvalue weighted by atomic mass is 32.1. The molecule has 1 aliphatic carbocycles. The zero-order valence-corrected chi connectivity index (χ0v) is 18.5. The lowest BCUT2D eigenvalue weighted by Crippen LogP contribution is -2.46. The number of hydrogen-bond acceptors (Lipinski definition) is 3. The van der Waals surface area contributed by atoms with Crippen molar-refractivity contribution in [2.45, 2.75) is 97.4 Å². The van der Waals surface area contributed by atoms with E-state index in [1.165, 1.54) is 28.2 Å². The summed E-state index contributed by atoms with van der Waals surface area (Å²) in [7, 11) is -1.80. The Morgan fingerprint density at radius 3 is 2.25 bits per heavy atom. The monoisotopic (exact) mass is 366 g/mol. The van der Waals surface area contributed by atoms with E-state index in [9.17, 15) is 4.79 Å². The van der Waals surface area contributed by atoms with Crippen molar-refractivity contribution >= 4 is 25.4 Å². The second-order valence-corrected chi connectivity index (χ2v) is 15.1. The maximum Gasteiger partial charge on any atom is 0.192 e. The van der Waals surface area contributed by atoms with Crippen molar-refractivity contribution in [3.63, 3.8) is 0 Å². The van der Waals surface area contributed by atoms with Crippen molar-refractivity contribution in [2.75, 3.05) is 0 Å². The van der Waals surface area contributed by atoms with Crippen molar-refractivity contribution in [1.82, 2.24) is 0 Å². The minimum atomic E-state index is -1.80. The second-order valence-electron chi connectivity index (χ2n) is 8.87. The lowest BCUT2D eigenvalue weighted by molar-refractivity contribution is 0.100. The standard InChI is InChI=1S/C20H34O2SSi/c1-13(21)18-14(2)23-15(3)19(18)16-11-9-10-12-17(16)22-24(7,8)20(4,5)6/h16-17H,9-12H2,1-8H3/t16-,17-/m0/s1. The molecule has 4 heteroatoms. The molecule has 24 heavy (non-hydrogen) atoms. The molecule has 0 bridgehead atoms. The number of thiophene rings is 1. The molecule has 0 radical (unpaired) electrons. The Kier molecular flexibility index (Phi) is 5.83. The highest BCUT2D eigenvalue weighted by Gasteiger charge is 2.42. The third-order valence-corrected chi connectivity index (χ3v) is 11.5. The molecule has 1 aromatic heterocycles. The minimum absolute atomic E-state index is 0.212. The van der Waals surface area contributed by atoms with Gasteiger partial charge in [-0.25, -0.2) is 0 Å². The predicted molar refractivity (Wildman–Crippen MR) is 107 cm³/mol. The Bertz CT molecular complexity index is 610. The molecule has 0 aromatic carbocycles. The van der Waals surface area contributed by atoms with Gasteiger partial charge in [-0.15, -0.1) is 11.3 Å². The molecule has 2 nitrogen and oxygen atoms in total. The van der Waals surface area contributed by atoms with Crippen LogP contribution in [0.4, 0.5) is 0 Å². The fourth-order valence-electron chi connectivity index (χ4n) is 3.71. The summed E-state index contributed by atoms with van der Waals surface area (Å²) in [5.74, 6) is 0.597. The summed E-state index contributed by atoms with van der Waals surface area (Å²) < 4.78 is 6.84. The van der Waals surface area contributed by atoms with Crippen LogP contribution < -0.4 is 0 Å². The van der Waals surface area contributed by atoms with Gasteiger partial charge >= 0.3 is 0 Å². The average Bonchev–Trinajstić information content (AvgIpc) is 2.72. The molecule has 2 atom stereocenters. The number of Topliss-reactive ketones (excluding diaryl/α,β-unsaturated/α-hetero) is 1. The molecular formula is C20H34O2SSi. The third-order valence-electron chi connectivity index (χ3n) is 5.98. The lowest BCUT2D eigenvalue weighted by Gasteiger charge is -2.43. The summed E-state index contributed by atoms with van der Waals surface area (Å²) in [6.45, 7) is 17.6. The molecule has 2 rings (SSSR count). The number of carbonyl (C=O) groups excluding carboxylic acids is 1. The molecule has 0 amide bonds. The van der Waals surface area contributed by atoms with E-state index in [0.717, 1.165) is 18.4 Å². The van der Waals surface area contributed by atoms with Crippen LogP contribution in [0, 0.1) is 13.8 Å². The molecule has 136 valence electrons. The molecule has 0 N–H and O–H groups in total. The van der Waals surface area contributed by atoms with Crippen LogP contribution in [0.15, 0.2) is 0 Å². The Hall–Kier alpha value is -0.453. The van der Waals surface area contributed by atoms with E-state index in [-0.39, 0.29) is 16.9 Å².